The van der Waals surface area contributed by atoms with Crippen LogP contribution in [0.15, 0.2) is 72.8 Å². The Hall–Kier alpha value is -3.18. The van der Waals surface area contributed by atoms with Gasteiger partial charge in [0.1, 0.15) is 0 Å². The van der Waals surface area contributed by atoms with Crippen LogP contribution in [0, 0.1) is 0 Å². The van der Waals surface area contributed by atoms with Gasteiger partial charge in [-0.1, -0.05) is 48.5 Å². The molecule has 5 rings (SSSR count). The Balaban J connectivity index is 1.31. The van der Waals surface area contributed by atoms with Crippen LogP contribution in [0.1, 0.15) is 6.42 Å². The van der Waals surface area contributed by atoms with Crippen molar-refractivity contribution in [3.8, 4) is 0 Å². The number of anilines is 2. The third-order valence-electron chi connectivity index (χ3n) is 5.99. The van der Waals surface area contributed by atoms with Crippen LogP contribution in [0.2, 0.25) is 0 Å². The largest absolute Gasteiger partial charge is 0.369 e. The number of piperazine rings is 1. The number of hydrogen-bond acceptors (Lipinski definition) is 4. The van der Waals surface area contributed by atoms with Crippen molar-refractivity contribution in [3.05, 3.63) is 72.8 Å². The minimum atomic E-state index is -0.355. The summed E-state index contributed by atoms with van der Waals surface area (Å²) in [6.45, 7) is 3.28. The molecule has 2 aliphatic heterocycles. The molecule has 0 unspecified atom stereocenters. The fourth-order valence-electron chi connectivity index (χ4n) is 4.42. The number of carbonyl (C=O) groups excluding carboxylic acids is 2. The smallest absolute Gasteiger partial charge is 0.251 e. The number of imide groups is 1. The summed E-state index contributed by atoms with van der Waals surface area (Å²) in [7, 11) is 0. The lowest BCUT2D eigenvalue weighted by atomic mass is 10.1. The molecule has 5 heteroatoms. The highest BCUT2D eigenvalue weighted by Gasteiger charge is 2.43. The van der Waals surface area contributed by atoms with E-state index in [-0.39, 0.29) is 24.3 Å². The zero-order valence-electron chi connectivity index (χ0n) is 16.2. The molecule has 146 valence electrons. The van der Waals surface area contributed by atoms with Crippen molar-refractivity contribution in [1.82, 2.24) is 4.90 Å². The molecule has 1 atom stereocenters. The molecule has 2 heterocycles. The van der Waals surface area contributed by atoms with Crippen molar-refractivity contribution in [1.29, 1.82) is 0 Å². The summed E-state index contributed by atoms with van der Waals surface area (Å²) in [5, 5.41) is 2.13. The van der Waals surface area contributed by atoms with E-state index in [1.165, 1.54) is 10.6 Å². The highest BCUT2D eigenvalue weighted by molar-refractivity contribution is 6.22. The number of fused-ring (bicyclic) bond motifs is 1. The summed E-state index contributed by atoms with van der Waals surface area (Å²) >= 11 is 0. The second-order valence-corrected chi connectivity index (χ2v) is 7.68. The van der Waals surface area contributed by atoms with E-state index in [1.54, 1.807) is 0 Å². The molecule has 0 spiro atoms. The molecule has 3 aromatic carbocycles. The first-order valence-corrected chi connectivity index (χ1v) is 10.1. The van der Waals surface area contributed by atoms with E-state index in [9.17, 15) is 9.59 Å². The quantitative estimate of drug-likeness (QED) is 0.649. The van der Waals surface area contributed by atoms with Crippen molar-refractivity contribution in [2.75, 3.05) is 36.0 Å². The summed E-state index contributed by atoms with van der Waals surface area (Å²) in [4.78, 5) is 31.8. The fourth-order valence-corrected chi connectivity index (χ4v) is 4.42. The number of benzene rings is 3. The Labute approximate surface area is 170 Å². The van der Waals surface area contributed by atoms with E-state index in [1.807, 2.05) is 60.7 Å². The molecule has 0 aliphatic carbocycles. The number of nitrogens with zero attached hydrogens (tertiary/aromatic N) is 3. The van der Waals surface area contributed by atoms with Crippen LogP contribution >= 0.6 is 0 Å². The fraction of sp³-hybridized carbons (Fsp3) is 0.250. The van der Waals surface area contributed by atoms with Crippen LogP contribution in [-0.4, -0.2) is 48.9 Å². The number of rotatable bonds is 3. The summed E-state index contributed by atoms with van der Waals surface area (Å²) in [5.41, 5.74) is 1.88. The predicted molar refractivity (Wildman–Crippen MR) is 115 cm³/mol. The maximum absolute atomic E-state index is 13.2. The highest BCUT2D eigenvalue weighted by atomic mass is 16.2. The van der Waals surface area contributed by atoms with Gasteiger partial charge in [-0.25, -0.2) is 4.90 Å². The zero-order valence-corrected chi connectivity index (χ0v) is 16.2. The van der Waals surface area contributed by atoms with Gasteiger partial charge >= 0.3 is 0 Å². The van der Waals surface area contributed by atoms with E-state index in [2.05, 4.69) is 21.9 Å². The molecular formula is C24H23N3O2. The molecular weight excluding hydrogens is 362 g/mol. The Morgan fingerprint density at radius 1 is 0.690 bits per heavy atom. The van der Waals surface area contributed by atoms with E-state index >= 15 is 0 Å². The van der Waals surface area contributed by atoms with Crippen molar-refractivity contribution < 1.29 is 9.59 Å². The lowest BCUT2D eigenvalue weighted by molar-refractivity contribution is -0.123. The van der Waals surface area contributed by atoms with Crippen LogP contribution in [0.5, 0.6) is 0 Å². The van der Waals surface area contributed by atoms with Crippen LogP contribution in [0.4, 0.5) is 11.4 Å². The Kier molecular flexibility index (Phi) is 4.52. The second-order valence-electron chi connectivity index (χ2n) is 7.68. The SMILES string of the molecule is O=C1C[C@H](N2CCN(c3ccccc3)CC2)C(=O)N1c1ccc2ccccc2c1. The van der Waals surface area contributed by atoms with E-state index in [0.29, 0.717) is 5.69 Å². The first-order chi connectivity index (χ1) is 14.2. The topological polar surface area (TPSA) is 43.9 Å². The Morgan fingerprint density at radius 2 is 1.38 bits per heavy atom. The van der Waals surface area contributed by atoms with Crippen LogP contribution in [0.25, 0.3) is 10.8 Å². The summed E-state index contributed by atoms with van der Waals surface area (Å²) in [5.74, 6) is -0.209. The number of para-hydroxylation sites is 1. The third-order valence-corrected chi connectivity index (χ3v) is 5.99. The minimum absolute atomic E-state index is 0.0987. The summed E-state index contributed by atoms with van der Waals surface area (Å²) in [6.07, 6.45) is 0.261. The molecule has 0 N–H and O–H groups in total. The van der Waals surface area contributed by atoms with Gasteiger partial charge in [0.15, 0.2) is 0 Å². The molecule has 2 fully saturated rings. The van der Waals surface area contributed by atoms with Crippen molar-refractivity contribution >= 4 is 34.0 Å². The normalized spacial score (nSPS) is 20.6. The lowest BCUT2D eigenvalue weighted by Crippen LogP contribution is -2.52. The van der Waals surface area contributed by atoms with Crippen molar-refractivity contribution in [3.63, 3.8) is 0 Å². The molecule has 2 aliphatic rings. The van der Waals surface area contributed by atoms with Gasteiger partial charge in [0, 0.05) is 31.9 Å². The van der Waals surface area contributed by atoms with Gasteiger partial charge in [-0.15, -0.1) is 0 Å². The Morgan fingerprint density at radius 3 is 2.14 bits per heavy atom. The van der Waals surface area contributed by atoms with E-state index in [4.69, 9.17) is 0 Å². The number of carbonyl (C=O) groups is 2. The average molecular weight is 385 g/mol. The van der Waals surface area contributed by atoms with E-state index in [0.717, 1.165) is 37.0 Å². The average Bonchev–Trinajstić information content (AvgIpc) is 3.08. The minimum Gasteiger partial charge on any atom is -0.369 e. The third kappa shape index (κ3) is 3.28. The standard InChI is InChI=1S/C24H23N3O2/c28-23-17-22(26-14-12-25(13-15-26)20-8-2-1-3-9-20)24(29)27(23)21-11-10-18-6-4-5-7-19(18)16-21/h1-11,16,22H,12-15,17H2/t22-/m0/s1. The molecule has 2 amide bonds. The first-order valence-electron chi connectivity index (χ1n) is 10.1. The van der Waals surface area contributed by atoms with Crippen LogP contribution in [-0.2, 0) is 9.59 Å². The maximum atomic E-state index is 13.2. The molecule has 0 saturated carbocycles. The Bertz CT molecular complexity index is 1060. The first kappa shape index (κ1) is 17.9. The molecule has 0 aromatic heterocycles. The number of hydrogen-bond donors (Lipinski definition) is 0. The van der Waals surface area contributed by atoms with Gasteiger partial charge in [0.05, 0.1) is 18.2 Å². The molecule has 0 bridgehead atoms. The molecule has 29 heavy (non-hydrogen) atoms. The zero-order chi connectivity index (χ0) is 19.8. The van der Waals surface area contributed by atoms with Crippen LogP contribution < -0.4 is 9.80 Å². The summed E-state index contributed by atoms with van der Waals surface area (Å²) < 4.78 is 0. The summed E-state index contributed by atoms with van der Waals surface area (Å²) in [6, 6.07) is 23.7. The molecule has 2 saturated heterocycles. The maximum Gasteiger partial charge on any atom is 0.251 e. The van der Waals surface area contributed by atoms with Crippen molar-refractivity contribution in [2.24, 2.45) is 0 Å². The predicted octanol–water partition coefficient (Wildman–Crippen LogP) is 3.29. The van der Waals surface area contributed by atoms with Gasteiger partial charge in [0.2, 0.25) is 5.91 Å². The van der Waals surface area contributed by atoms with Crippen LogP contribution in [0.3, 0.4) is 0 Å². The van der Waals surface area contributed by atoms with Crippen molar-refractivity contribution in [2.45, 2.75) is 12.5 Å². The molecule has 0 radical (unpaired) electrons. The highest BCUT2D eigenvalue weighted by Crippen LogP contribution is 2.29. The van der Waals surface area contributed by atoms with Gasteiger partial charge in [0.25, 0.3) is 5.91 Å². The number of amides is 2. The van der Waals surface area contributed by atoms with Gasteiger partial charge < -0.3 is 4.90 Å². The lowest BCUT2D eigenvalue weighted by Gasteiger charge is -2.38. The van der Waals surface area contributed by atoms with Gasteiger partial charge in [-0.3, -0.25) is 14.5 Å². The monoisotopic (exact) mass is 385 g/mol. The van der Waals surface area contributed by atoms with E-state index < -0.39 is 0 Å². The molecule has 3 aromatic rings. The molecule has 5 nitrogen and oxygen atoms in total. The van der Waals surface area contributed by atoms with Gasteiger partial charge in [-0.2, -0.15) is 0 Å². The van der Waals surface area contributed by atoms with Gasteiger partial charge in [-0.05, 0) is 35.0 Å². The second kappa shape index (κ2) is 7.33.